The van der Waals surface area contributed by atoms with Gasteiger partial charge in [0, 0.05) is 13.5 Å². The van der Waals surface area contributed by atoms with E-state index in [0.29, 0.717) is 5.69 Å². The summed E-state index contributed by atoms with van der Waals surface area (Å²) in [5.41, 5.74) is 3.43. The van der Waals surface area contributed by atoms with Gasteiger partial charge in [-0.3, -0.25) is 9.59 Å². The lowest BCUT2D eigenvalue weighted by Crippen LogP contribution is -2.40. The molecule has 0 aromatic heterocycles. The Hall–Kier alpha value is -1.88. The molecule has 1 amide bonds. The summed E-state index contributed by atoms with van der Waals surface area (Å²) in [6, 6.07) is 9.01. The Morgan fingerprint density at radius 3 is 2.38 bits per heavy atom. The first-order chi connectivity index (χ1) is 7.65. The summed E-state index contributed by atoms with van der Waals surface area (Å²) in [7, 11) is 1.62. The standard InChI is InChI=1S/C11H14N2O3/c1-12-13(9-5-3-2-4-6-9)10(14)7-8-11(15)16/h2-6,12H,7-8H2,1H3,(H,15,16). The van der Waals surface area contributed by atoms with E-state index in [9.17, 15) is 9.59 Å². The molecule has 0 radical (unpaired) electrons. The first kappa shape index (κ1) is 12.2. The number of amides is 1. The van der Waals surface area contributed by atoms with E-state index in [0.717, 1.165) is 0 Å². The van der Waals surface area contributed by atoms with Crippen molar-refractivity contribution in [1.82, 2.24) is 5.43 Å². The molecule has 2 N–H and O–H groups in total. The van der Waals surface area contributed by atoms with Crippen LogP contribution in [0.2, 0.25) is 0 Å². The molecule has 5 heteroatoms. The van der Waals surface area contributed by atoms with Crippen LogP contribution in [0.25, 0.3) is 0 Å². The Balaban J connectivity index is 2.68. The third-order valence-corrected chi connectivity index (χ3v) is 2.04. The molecule has 0 atom stereocenters. The summed E-state index contributed by atoms with van der Waals surface area (Å²) in [5, 5.41) is 9.83. The smallest absolute Gasteiger partial charge is 0.303 e. The molecule has 0 saturated carbocycles. The zero-order valence-electron chi connectivity index (χ0n) is 9.01. The molecule has 16 heavy (non-hydrogen) atoms. The van der Waals surface area contributed by atoms with Crippen LogP contribution in [0.3, 0.4) is 0 Å². The highest BCUT2D eigenvalue weighted by Crippen LogP contribution is 2.12. The Labute approximate surface area is 93.7 Å². The highest BCUT2D eigenvalue weighted by Gasteiger charge is 2.14. The molecule has 5 nitrogen and oxygen atoms in total. The van der Waals surface area contributed by atoms with Crippen LogP contribution < -0.4 is 10.4 Å². The second-order valence-corrected chi connectivity index (χ2v) is 3.18. The van der Waals surface area contributed by atoms with Crippen LogP contribution in [0, 0.1) is 0 Å². The number of anilines is 1. The van der Waals surface area contributed by atoms with Gasteiger partial charge in [0.25, 0.3) is 0 Å². The van der Waals surface area contributed by atoms with E-state index >= 15 is 0 Å². The van der Waals surface area contributed by atoms with Gasteiger partial charge in [0.15, 0.2) is 0 Å². The van der Waals surface area contributed by atoms with Crippen molar-refractivity contribution in [3.8, 4) is 0 Å². The number of carboxylic acids is 1. The van der Waals surface area contributed by atoms with Gasteiger partial charge in [0.1, 0.15) is 0 Å². The maximum Gasteiger partial charge on any atom is 0.303 e. The summed E-state index contributed by atoms with van der Waals surface area (Å²) >= 11 is 0. The Morgan fingerprint density at radius 1 is 1.25 bits per heavy atom. The number of para-hydroxylation sites is 1. The van der Waals surface area contributed by atoms with Crippen molar-refractivity contribution in [3.63, 3.8) is 0 Å². The Bertz CT molecular complexity index is 365. The average Bonchev–Trinajstić information content (AvgIpc) is 2.29. The van der Waals surface area contributed by atoms with Crippen LogP contribution in [0.5, 0.6) is 0 Å². The van der Waals surface area contributed by atoms with Crippen molar-refractivity contribution in [2.24, 2.45) is 0 Å². The molecule has 0 saturated heterocycles. The lowest BCUT2D eigenvalue weighted by molar-refractivity contribution is -0.138. The molecule has 0 aliphatic rings. The average molecular weight is 222 g/mol. The maximum absolute atomic E-state index is 11.7. The van der Waals surface area contributed by atoms with Gasteiger partial charge in [-0.2, -0.15) is 0 Å². The van der Waals surface area contributed by atoms with Gasteiger partial charge in [0.2, 0.25) is 5.91 Å². The Kier molecular flexibility index (Phi) is 4.47. The lowest BCUT2D eigenvalue weighted by atomic mass is 10.2. The maximum atomic E-state index is 11.7. The summed E-state index contributed by atoms with van der Waals surface area (Å²) < 4.78 is 0. The molecule has 0 aliphatic carbocycles. The Morgan fingerprint density at radius 2 is 1.88 bits per heavy atom. The molecule has 0 unspecified atom stereocenters. The fourth-order valence-corrected chi connectivity index (χ4v) is 1.30. The van der Waals surface area contributed by atoms with Gasteiger partial charge in [-0.05, 0) is 12.1 Å². The van der Waals surface area contributed by atoms with E-state index in [1.807, 2.05) is 18.2 Å². The summed E-state index contributed by atoms with van der Waals surface area (Å²) in [6.45, 7) is 0. The van der Waals surface area contributed by atoms with Crippen molar-refractivity contribution in [3.05, 3.63) is 30.3 Å². The van der Waals surface area contributed by atoms with Crippen LogP contribution in [0.4, 0.5) is 5.69 Å². The van der Waals surface area contributed by atoms with Gasteiger partial charge in [-0.15, -0.1) is 0 Å². The van der Waals surface area contributed by atoms with Crippen molar-refractivity contribution >= 4 is 17.6 Å². The quantitative estimate of drug-likeness (QED) is 0.730. The van der Waals surface area contributed by atoms with Crippen LogP contribution in [0.1, 0.15) is 12.8 Å². The molecule has 0 fully saturated rings. The van der Waals surface area contributed by atoms with E-state index in [1.165, 1.54) is 5.01 Å². The molecule has 0 aliphatic heterocycles. The third kappa shape index (κ3) is 3.36. The fourth-order valence-electron chi connectivity index (χ4n) is 1.30. The first-order valence-electron chi connectivity index (χ1n) is 4.92. The predicted octanol–water partition coefficient (Wildman–Crippen LogP) is 1.02. The SMILES string of the molecule is CNN(C(=O)CCC(=O)O)c1ccccc1. The number of rotatable bonds is 5. The van der Waals surface area contributed by atoms with Crippen molar-refractivity contribution in [1.29, 1.82) is 0 Å². The number of aliphatic carboxylic acids is 1. The second kappa shape index (κ2) is 5.87. The highest BCUT2D eigenvalue weighted by molar-refractivity contribution is 5.93. The van der Waals surface area contributed by atoms with Gasteiger partial charge in [-0.1, -0.05) is 18.2 Å². The van der Waals surface area contributed by atoms with Crippen molar-refractivity contribution in [2.45, 2.75) is 12.8 Å². The normalized spacial score (nSPS) is 9.81. The number of nitrogens with one attached hydrogen (secondary N) is 1. The number of carbonyl (C=O) groups is 2. The zero-order valence-corrected chi connectivity index (χ0v) is 9.01. The highest BCUT2D eigenvalue weighted by atomic mass is 16.4. The first-order valence-corrected chi connectivity index (χ1v) is 4.92. The van der Waals surface area contributed by atoms with Crippen molar-refractivity contribution in [2.75, 3.05) is 12.1 Å². The molecular weight excluding hydrogens is 208 g/mol. The van der Waals surface area contributed by atoms with Gasteiger partial charge >= 0.3 is 5.97 Å². The van der Waals surface area contributed by atoms with Gasteiger partial charge in [-0.25, -0.2) is 10.4 Å². The number of carboxylic acid groups (broad SMARTS) is 1. The van der Waals surface area contributed by atoms with Gasteiger partial charge < -0.3 is 5.11 Å². The van der Waals surface area contributed by atoms with Gasteiger partial charge in [0.05, 0.1) is 12.1 Å². The minimum atomic E-state index is -0.975. The minimum absolute atomic E-state index is 0.0228. The number of hydrazine groups is 1. The molecule has 0 spiro atoms. The van der Waals surface area contributed by atoms with E-state index in [4.69, 9.17) is 5.11 Å². The van der Waals surface area contributed by atoms with Crippen LogP contribution in [0.15, 0.2) is 30.3 Å². The third-order valence-electron chi connectivity index (χ3n) is 2.04. The van der Waals surface area contributed by atoms with Crippen LogP contribution in [-0.4, -0.2) is 24.0 Å². The van der Waals surface area contributed by atoms with Crippen LogP contribution in [-0.2, 0) is 9.59 Å². The number of hydrogen-bond acceptors (Lipinski definition) is 3. The molecule has 1 aromatic carbocycles. The summed E-state index contributed by atoms with van der Waals surface area (Å²) in [6.07, 6.45) is -0.186. The summed E-state index contributed by atoms with van der Waals surface area (Å²) in [5.74, 6) is -1.24. The van der Waals surface area contributed by atoms with Crippen molar-refractivity contribution < 1.29 is 14.7 Å². The molecule has 1 aromatic rings. The number of carbonyl (C=O) groups excluding carboxylic acids is 1. The number of hydrogen-bond donors (Lipinski definition) is 2. The number of nitrogens with zero attached hydrogens (tertiary/aromatic N) is 1. The van der Waals surface area contributed by atoms with Crippen LogP contribution >= 0.6 is 0 Å². The van der Waals surface area contributed by atoms with E-state index in [-0.39, 0.29) is 18.7 Å². The molecule has 0 heterocycles. The summed E-state index contributed by atoms with van der Waals surface area (Å²) in [4.78, 5) is 22.0. The number of benzene rings is 1. The molecule has 86 valence electrons. The topological polar surface area (TPSA) is 69.6 Å². The van der Waals surface area contributed by atoms with E-state index in [2.05, 4.69) is 5.43 Å². The predicted molar refractivity (Wildman–Crippen MR) is 59.9 cm³/mol. The molecular formula is C11H14N2O3. The molecule has 0 bridgehead atoms. The van der Waals surface area contributed by atoms with E-state index < -0.39 is 5.97 Å². The largest absolute Gasteiger partial charge is 0.481 e. The lowest BCUT2D eigenvalue weighted by Gasteiger charge is -2.20. The fraction of sp³-hybridized carbons (Fsp3) is 0.273. The molecule has 1 rings (SSSR count). The zero-order chi connectivity index (χ0) is 12.0. The monoisotopic (exact) mass is 222 g/mol. The minimum Gasteiger partial charge on any atom is -0.481 e. The van der Waals surface area contributed by atoms with E-state index in [1.54, 1.807) is 19.2 Å². The second-order valence-electron chi connectivity index (χ2n) is 3.18.